The molecule has 3 amide bonds. The van der Waals surface area contributed by atoms with Gasteiger partial charge in [-0.25, -0.2) is 4.79 Å². The molecule has 0 aromatic heterocycles. The van der Waals surface area contributed by atoms with E-state index in [0.29, 0.717) is 32.5 Å². The summed E-state index contributed by atoms with van der Waals surface area (Å²) in [7, 11) is 0. The molecule has 6 heteroatoms. The maximum Gasteiger partial charge on any atom is 0.321 e. The standard InChI is InChI=1S/C10H19N3O3/c1-2-11-10(16)12-9(15)7-13-5-3-8(14)4-6-13/h8,14H,2-7H2,1H3,(H2,11,12,15,16). The number of amides is 3. The van der Waals surface area contributed by atoms with Crippen molar-refractivity contribution in [3.8, 4) is 0 Å². The van der Waals surface area contributed by atoms with Gasteiger partial charge in [0.05, 0.1) is 12.6 Å². The summed E-state index contributed by atoms with van der Waals surface area (Å²) < 4.78 is 0. The molecule has 1 rings (SSSR count). The van der Waals surface area contributed by atoms with Gasteiger partial charge in [-0.05, 0) is 19.8 Å². The molecule has 16 heavy (non-hydrogen) atoms. The van der Waals surface area contributed by atoms with Crippen LogP contribution < -0.4 is 10.6 Å². The van der Waals surface area contributed by atoms with Crippen LogP contribution in [-0.2, 0) is 4.79 Å². The lowest BCUT2D eigenvalue weighted by Crippen LogP contribution is -2.46. The number of nitrogens with one attached hydrogen (secondary N) is 2. The summed E-state index contributed by atoms with van der Waals surface area (Å²) in [5.41, 5.74) is 0. The van der Waals surface area contributed by atoms with E-state index in [0.717, 1.165) is 0 Å². The van der Waals surface area contributed by atoms with Crippen LogP contribution in [0.1, 0.15) is 19.8 Å². The Morgan fingerprint density at radius 1 is 1.38 bits per heavy atom. The lowest BCUT2D eigenvalue weighted by atomic mass is 10.1. The molecule has 0 aromatic rings. The second-order valence-corrected chi connectivity index (χ2v) is 3.91. The average Bonchev–Trinajstić information content (AvgIpc) is 2.21. The fourth-order valence-electron chi connectivity index (χ4n) is 1.65. The van der Waals surface area contributed by atoms with E-state index in [9.17, 15) is 14.7 Å². The molecule has 92 valence electrons. The van der Waals surface area contributed by atoms with E-state index >= 15 is 0 Å². The monoisotopic (exact) mass is 229 g/mol. The number of likely N-dealkylation sites (tertiary alicyclic amines) is 1. The average molecular weight is 229 g/mol. The SMILES string of the molecule is CCNC(=O)NC(=O)CN1CCC(O)CC1. The van der Waals surface area contributed by atoms with E-state index in [2.05, 4.69) is 10.6 Å². The van der Waals surface area contributed by atoms with Crippen molar-refractivity contribution in [2.75, 3.05) is 26.2 Å². The topological polar surface area (TPSA) is 81.7 Å². The van der Waals surface area contributed by atoms with Crippen molar-refractivity contribution in [2.24, 2.45) is 0 Å². The highest BCUT2D eigenvalue weighted by atomic mass is 16.3. The van der Waals surface area contributed by atoms with Gasteiger partial charge in [0.1, 0.15) is 0 Å². The number of urea groups is 1. The largest absolute Gasteiger partial charge is 0.393 e. The van der Waals surface area contributed by atoms with Crippen LogP contribution in [0.3, 0.4) is 0 Å². The van der Waals surface area contributed by atoms with Gasteiger partial charge in [-0.2, -0.15) is 0 Å². The van der Waals surface area contributed by atoms with Crippen LogP contribution in [-0.4, -0.2) is 54.2 Å². The van der Waals surface area contributed by atoms with E-state index in [1.807, 2.05) is 4.90 Å². The normalized spacial score (nSPS) is 18.1. The third kappa shape index (κ3) is 4.59. The Bertz CT molecular complexity index is 250. The molecule has 1 heterocycles. The number of rotatable bonds is 3. The third-order valence-electron chi connectivity index (χ3n) is 2.51. The minimum Gasteiger partial charge on any atom is -0.393 e. The molecule has 6 nitrogen and oxygen atoms in total. The number of piperidine rings is 1. The summed E-state index contributed by atoms with van der Waals surface area (Å²) in [6.45, 7) is 3.89. The molecule has 0 unspecified atom stereocenters. The summed E-state index contributed by atoms with van der Waals surface area (Å²) in [6.07, 6.45) is 1.13. The quantitative estimate of drug-likeness (QED) is 0.597. The molecule has 0 spiro atoms. The molecule has 1 aliphatic heterocycles. The van der Waals surface area contributed by atoms with Crippen molar-refractivity contribution < 1.29 is 14.7 Å². The maximum absolute atomic E-state index is 11.4. The van der Waals surface area contributed by atoms with Gasteiger partial charge in [0.2, 0.25) is 5.91 Å². The summed E-state index contributed by atoms with van der Waals surface area (Å²) in [5.74, 6) is -0.303. The Hall–Kier alpha value is -1.14. The Morgan fingerprint density at radius 3 is 2.56 bits per heavy atom. The van der Waals surface area contributed by atoms with Crippen LogP contribution in [0.5, 0.6) is 0 Å². The predicted octanol–water partition coefficient (Wildman–Crippen LogP) is -0.711. The van der Waals surface area contributed by atoms with E-state index in [1.165, 1.54) is 0 Å². The molecule has 1 fully saturated rings. The van der Waals surface area contributed by atoms with Gasteiger partial charge < -0.3 is 10.4 Å². The number of aliphatic hydroxyl groups excluding tert-OH is 1. The molecule has 3 N–H and O–H groups in total. The number of carbonyl (C=O) groups is 2. The number of hydrogen-bond acceptors (Lipinski definition) is 4. The van der Waals surface area contributed by atoms with Crippen LogP contribution in [0.2, 0.25) is 0 Å². The molecule has 0 radical (unpaired) electrons. The highest BCUT2D eigenvalue weighted by Gasteiger charge is 2.19. The first-order chi connectivity index (χ1) is 7.61. The number of aliphatic hydroxyl groups is 1. The summed E-state index contributed by atoms with van der Waals surface area (Å²) >= 11 is 0. The zero-order valence-electron chi connectivity index (χ0n) is 9.53. The molecule has 0 aromatic carbocycles. The van der Waals surface area contributed by atoms with Gasteiger partial charge in [-0.3, -0.25) is 15.0 Å². The number of imide groups is 1. The molecule has 0 aliphatic carbocycles. The zero-order chi connectivity index (χ0) is 12.0. The lowest BCUT2D eigenvalue weighted by molar-refractivity contribution is -0.121. The van der Waals surface area contributed by atoms with Crippen molar-refractivity contribution >= 4 is 11.9 Å². The fourth-order valence-corrected chi connectivity index (χ4v) is 1.65. The number of carbonyl (C=O) groups excluding carboxylic acids is 2. The van der Waals surface area contributed by atoms with Crippen LogP contribution >= 0.6 is 0 Å². The van der Waals surface area contributed by atoms with Crippen LogP contribution in [0.4, 0.5) is 4.79 Å². The second-order valence-electron chi connectivity index (χ2n) is 3.91. The van der Waals surface area contributed by atoms with Gasteiger partial charge in [0.25, 0.3) is 0 Å². The van der Waals surface area contributed by atoms with Gasteiger partial charge in [0, 0.05) is 19.6 Å². The lowest BCUT2D eigenvalue weighted by Gasteiger charge is -2.28. The van der Waals surface area contributed by atoms with E-state index in [-0.39, 0.29) is 18.6 Å². The first-order valence-corrected chi connectivity index (χ1v) is 5.60. The van der Waals surface area contributed by atoms with E-state index in [1.54, 1.807) is 6.92 Å². The molecular formula is C10H19N3O3. The zero-order valence-corrected chi connectivity index (χ0v) is 9.53. The molecule has 1 aliphatic rings. The van der Waals surface area contributed by atoms with Crippen LogP contribution in [0.25, 0.3) is 0 Å². The second kappa shape index (κ2) is 6.44. The number of nitrogens with zero attached hydrogens (tertiary/aromatic N) is 1. The third-order valence-corrected chi connectivity index (χ3v) is 2.51. The highest BCUT2D eigenvalue weighted by molar-refractivity contribution is 5.95. The van der Waals surface area contributed by atoms with Gasteiger partial charge in [0.15, 0.2) is 0 Å². The number of hydrogen-bond donors (Lipinski definition) is 3. The smallest absolute Gasteiger partial charge is 0.321 e. The van der Waals surface area contributed by atoms with Gasteiger partial charge in [-0.1, -0.05) is 0 Å². The predicted molar refractivity (Wildman–Crippen MR) is 58.9 cm³/mol. The van der Waals surface area contributed by atoms with Crippen LogP contribution in [0, 0.1) is 0 Å². The summed E-state index contributed by atoms with van der Waals surface area (Å²) in [6, 6.07) is -0.454. The maximum atomic E-state index is 11.4. The molecule has 0 atom stereocenters. The molecular weight excluding hydrogens is 210 g/mol. The Labute approximate surface area is 95.0 Å². The van der Waals surface area contributed by atoms with E-state index in [4.69, 9.17) is 0 Å². The molecule has 1 saturated heterocycles. The summed E-state index contributed by atoms with van der Waals surface area (Å²) in [4.78, 5) is 24.4. The van der Waals surface area contributed by atoms with Crippen LogP contribution in [0.15, 0.2) is 0 Å². The van der Waals surface area contributed by atoms with Crippen molar-refractivity contribution in [3.05, 3.63) is 0 Å². The highest BCUT2D eigenvalue weighted by Crippen LogP contribution is 2.08. The van der Waals surface area contributed by atoms with Gasteiger partial charge in [-0.15, -0.1) is 0 Å². The fraction of sp³-hybridized carbons (Fsp3) is 0.800. The Kier molecular flexibility index (Phi) is 5.21. The van der Waals surface area contributed by atoms with Crippen molar-refractivity contribution in [1.29, 1.82) is 0 Å². The Balaban J connectivity index is 2.21. The minimum absolute atomic E-state index is 0.212. The first kappa shape index (κ1) is 12.9. The van der Waals surface area contributed by atoms with Crippen molar-refractivity contribution in [2.45, 2.75) is 25.9 Å². The first-order valence-electron chi connectivity index (χ1n) is 5.60. The minimum atomic E-state index is -0.454. The molecule has 0 saturated carbocycles. The molecule has 0 bridgehead atoms. The van der Waals surface area contributed by atoms with Crippen molar-refractivity contribution in [3.63, 3.8) is 0 Å². The Morgan fingerprint density at radius 2 is 2.00 bits per heavy atom. The van der Waals surface area contributed by atoms with Crippen molar-refractivity contribution in [1.82, 2.24) is 15.5 Å². The van der Waals surface area contributed by atoms with Gasteiger partial charge >= 0.3 is 6.03 Å². The summed E-state index contributed by atoms with van der Waals surface area (Å²) in [5, 5.41) is 14.0. The van der Waals surface area contributed by atoms with E-state index < -0.39 is 6.03 Å².